The van der Waals surface area contributed by atoms with Crippen molar-refractivity contribution in [2.45, 2.75) is 24.7 Å². The van der Waals surface area contributed by atoms with Crippen molar-refractivity contribution in [2.75, 3.05) is 4.90 Å². The molecule has 12 aromatic rings. The Morgan fingerprint density at radius 3 is 1.40 bits per heavy atom. The molecule has 2 aromatic heterocycles. The fourth-order valence-electron chi connectivity index (χ4n) is 13.1. The molecule has 0 saturated heterocycles. The molecule has 3 aliphatic carbocycles. The van der Waals surface area contributed by atoms with Gasteiger partial charge in [0.15, 0.2) is 0 Å². The largest absolute Gasteiger partial charge is 0.310 e. The van der Waals surface area contributed by atoms with E-state index < -0.39 is 5.41 Å². The van der Waals surface area contributed by atoms with Gasteiger partial charge in [0, 0.05) is 44.3 Å². The minimum absolute atomic E-state index is 0.198. The van der Waals surface area contributed by atoms with Gasteiger partial charge in [-0.1, -0.05) is 226 Å². The van der Waals surface area contributed by atoms with Gasteiger partial charge in [0.2, 0.25) is 0 Å². The van der Waals surface area contributed by atoms with Crippen molar-refractivity contribution in [1.29, 1.82) is 0 Å². The Labute approximate surface area is 419 Å². The molecule has 0 saturated carbocycles. The Morgan fingerprint density at radius 1 is 0.361 bits per heavy atom. The van der Waals surface area contributed by atoms with Crippen molar-refractivity contribution in [3.63, 3.8) is 0 Å². The van der Waals surface area contributed by atoms with Crippen LogP contribution in [-0.4, -0.2) is 9.61 Å². The lowest BCUT2D eigenvalue weighted by Gasteiger charge is -2.33. The lowest BCUT2D eigenvalue weighted by molar-refractivity contribution is 0.660. The van der Waals surface area contributed by atoms with Gasteiger partial charge in [-0.15, -0.1) is 0 Å². The van der Waals surface area contributed by atoms with Crippen LogP contribution in [0.3, 0.4) is 0 Å². The van der Waals surface area contributed by atoms with Gasteiger partial charge in [-0.2, -0.15) is 5.10 Å². The maximum absolute atomic E-state index is 5.59. The molecule has 15 rings (SSSR count). The molecular weight excluding hydrogens is 871 g/mol. The molecule has 0 bridgehead atoms. The van der Waals surface area contributed by atoms with Crippen molar-refractivity contribution in [3.8, 4) is 67.0 Å². The van der Waals surface area contributed by atoms with Crippen LogP contribution < -0.4 is 4.90 Å². The maximum atomic E-state index is 5.59. The van der Waals surface area contributed by atoms with Crippen LogP contribution in [0.2, 0.25) is 0 Å². The Bertz CT molecular complexity index is 4120. The second-order valence-corrected chi connectivity index (χ2v) is 20.2. The minimum Gasteiger partial charge on any atom is -0.310 e. The highest BCUT2D eigenvalue weighted by atomic mass is 15.2. The number of pyridine rings is 1. The molecule has 3 nitrogen and oxygen atoms in total. The highest BCUT2D eigenvalue weighted by Gasteiger charge is 2.51. The lowest BCUT2D eigenvalue weighted by Crippen LogP contribution is -2.26. The van der Waals surface area contributed by atoms with Crippen LogP contribution in [0.5, 0.6) is 0 Å². The van der Waals surface area contributed by atoms with Gasteiger partial charge >= 0.3 is 0 Å². The number of benzene rings is 10. The van der Waals surface area contributed by atoms with Crippen LogP contribution >= 0.6 is 0 Å². The smallest absolute Gasteiger partial charge is 0.101 e. The van der Waals surface area contributed by atoms with Gasteiger partial charge in [-0.05, 0) is 109 Å². The number of aromatic nitrogens is 2. The number of rotatable bonds is 6. The molecule has 0 unspecified atom stereocenters. The van der Waals surface area contributed by atoms with Crippen LogP contribution in [0.4, 0.5) is 17.1 Å². The van der Waals surface area contributed by atoms with E-state index in [4.69, 9.17) is 5.10 Å². The number of fused-ring (bicyclic) bond motifs is 16. The Morgan fingerprint density at radius 2 is 0.819 bits per heavy atom. The summed E-state index contributed by atoms with van der Waals surface area (Å²) in [4.78, 5) is 2.55. The van der Waals surface area contributed by atoms with Crippen LogP contribution in [0.25, 0.3) is 83.3 Å². The molecule has 0 atom stereocenters. The van der Waals surface area contributed by atoms with Gasteiger partial charge < -0.3 is 4.90 Å². The molecule has 3 heteroatoms. The molecular formula is C69H47N3. The first-order chi connectivity index (χ1) is 35.5. The topological polar surface area (TPSA) is 20.5 Å². The molecule has 0 fully saturated rings. The fraction of sp³-hybridized carbons (Fsp3) is 0.0580. The summed E-state index contributed by atoms with van der Waals surface area (Å²) in [5.41, 5.74) is 25.9. The quantitative estimate of drug-likeness (QED) is 0.166. The zero-order valence-electron chi connectivity index (χ0n) is 40.0. The van der Waals surface area contributed by atoms with E-state index in [0.717, 1.165) is 67.0 Å². The first-order valence-electron chi connectivity index (χ1n) is 25.1. The van der Waals surface area contributed by atoms with Crippen LogP contribution in [0.15, 0.2) is 249 Å². The van der Waals surface area contributed by atoms with Gasteiger partial charge in [0.05, 0.1) is 22.3 Å². The summed E-state index contributed by atoms with van der Waals surface area (Å²) < 4.78 is 2.21. The van der Waals surface area contributed by atoms with E-state index in [1.165, 1.54) is 66.8 Å². The summed E-state index contributed by atoms with van der Waals surface area (Å²) in [6.07, 6.45) is 0. The summed E-state index contributed by atoms with van der Waals surface area (Å²) in [6, 6.07) is 92.3. The van der Waals surface area contributed by atoms with Crippen molar-refractivity contribution in [1.82, 2.24) is 9.61 Å². The fourth-order valence-corrected chi connectivity index (χ4v) is 13.1. The van der Waals surface area contributed by atoms with Crippen molar-refractivity contribution in [3.05, 3.63) is 282 Å². The SMILES string of the molecule is CC1(C)c2ccccc2-c2ccc(N(c3ccc4c(c3)C3(c5ccccc5-c5ccccc53)c3ccccc3-4)c3cccc4c3cc(-c3ccccc3)n3nc(-c5ccccc5)c(-c5ccccc5)c43)cc21. The molecule has 0 amide bonds. The van der Waals surface area contributed by atoms with E-state index >= 15 is 0 Å². The monoisotopic (exact) mass is 917 g/mol. The molecule has 3 aliphatic rings. The zero-order chi connectivity index (χ0) is 47.7. The highest BCUT2D eigenvalue weighted by molar-refractivity contribution is 6.13. The molecule has 1 spiro atoms. The summed E-state index contributed by atoms with van der Waals surface area (Å²) in [5, 5.41) is 7.86. The van der Waals surface area contributed by atoms with E-state index in [0.29, 0.717) is 0 Å². The average Bonchev–Trinajstić information content (AvgIpc) is 4.14. The molecule has 0 radical (unpaired) electrons. The van der Waals surface area contributed by atoms with Gasteiger partial charge in [-0.25, -0.2) is 4.52 Å². The summed E-state index contributed by atoms with van der Waals surface area (Å²) in [7, 11) is 0. The first kappa shape index (κ1) is 40.8. The van der Waals surface area contributed by atoms with E-state index in [2.05, 4.69) is 272 Å². The second-order valence-electron chi connectivity index (χ2n) is 20.2. The summed E-state index contributed by atoms with van der Waals surface area (Å²) in [5.74, 6) is 0. The van der Waals surface area contributed by atoms with E-state index in [1.54, 1.807) is 0 Å². The molecule has 2 heterocycles. The van der Waals surface area contributed by atoms with Gasteiger partial charge in [-0.3, -0.25) is 0 Å². The van der Waals surface area contributed by atoms with Crippen molar-refractivity contribution in [2.24, 2.45) is 0 Å². The zero-order valence-corrected chi connectivity index (χ0v) is 40.0. The third-order valence-corrected chi connectivity index (χ3v) is 16.2. The number of hydrogen-bond donors (Lipinski definition) is 0. The van der Waals surface area contributed by atoms with E-state index in [1.807, 2.05) is 0 Å². The Hall–Kier alpha value is -9.05. The van der Waals surface area contributed by atoms with Crippen LogP contribution in [0, 0.1) is 0 Å². The molecule has 72 heavy (non-hydrogen) atoms. The minimum atomic E-state index is -0.496. The third kappa shape index (κ3) is 5.53. The molecule has 338 valence electrons. The molecule has 0 aliphatic heterocycles. The molecule has 0 N–H and O–H groups in total. The number of hydrogen-bond acceptors (Lipinski definition) is 2. The van der Waals surface area contributed by atoms with Crippen LogP contribution in [-0.2, 0) is 10.8 Å². The van der Waals surface area contributed by atoms with Crippen LogP contribution in [0.1, 0.15) is 47.2 Å². The summed E-state index contributed by atoms with van der Waals surface area (Å²) in [6.45, 7) is 4.76. The van der Waals surface area contributed by atoms with E-state index in [9.17, 15) is 0 Å². The van der Waals surface area contributed by atoms with Crippen molar-refractivity contribution >= 4 is 33.4 Å². The predicted octanol–water partition coefficient (Wildman–Crippen LogP) is 17.6. The highest BCUT2D eigenvalue weighted by Crippen LogP contribution is 2.63. The van der Waals surface area contributed by atoms with Crippen molar-refractivity contribution < 1.29 is 0 Å². The third-order valence-electron chi connectivity index (χ3n) is 16.2. The Balaban J connectivity index is 1.06. The standard InChI is InChI=1S/C69H47N3/c1-68(2)57-32-16-12-27-49(57)53-39-37-47(41-61(53)68)71(48-38-40-54-52-30-15-19-35-60(52)69(62(54)42-48)58-33-17-13-28-50(58)51-29-14-18-34-59(51)69)63-36-20-31-55-56(63)43-64(44-21-6-3-7-22-44)72-67(55)65(45-23-8-4-9-24-45)66(70-72)46-25-10-5-11-26-46/h3-43H,1-2H3. The molecule has 10 aromatic carbocycles. The predicted molar refractivity (Wildman–Crippen MR) is 298 cm³/mol. The van der Waals surface area contributed by atoms with E-state index in [-0.39, 0.29) is 5.41 Å². The number of nitrogens with zero attached hydrogens (tertiary/aromatic N) is 3. The summed E-state index contributed by atoms with van der Waals surface area (Å²) >= 11 is 0. The van der Waals surface area contributed by atoms with Gasteiger partial charge in [0.25, 0.3) is 0 Å². The average molecular weight is 918 g/mol. The normalized spacial score (nSPS) is 13.9. The lowest BCUT2D eigenvalue weighted by atomic mass is 9.70. The van der Waals surface area contributed by atoms with Gasteiger partial charge in [0.1, 0.15) is 5.69 Å². The Kier molecular flexibility index (Phi) is 8.63. The number of anilines is 3. The first-order valence-corrected chi connectivity index (χ1v) is 25.1. The second kappa shape index (κ2) is 15.2. The maximum Gasteiger partial charge on any atom is 0.101 e.